The molecule has 0 aliphatic heterocycles. The van der Waals surface area contributed by atoms with Crippen molar-refractivity contribution in [2.75, 3.05) is 12.5 Å². The molecule has 2 aromatic rings. The number of benzene rings is 2. The Morgan fingerprint density at radius 1 is 0.842 bits per heavy atom. The molecule has 0 N–H and O–H groups in total. The summed E-state index contributed by atoms with van der Waals surface area (Å²) in [6.45, 7) is 0. The Bertz CT molecular complexity index is 579. The van der Waals surface area contributed by atoms with Gasteiger partial charge in [0, 0.05) is 10.9 Å². The van der Waals surface area contributed by atoms with Crippen LogP contribution in [0.1, 0.15) is 0 Å². The third-order valence-electron chi connectivity index (χ3n) is 2.25. The average Bonchev–Trinajstić information content (AvgIpc) is 2.40. The lowest BCUT2D eigenvalue weighted by Crippen LogP contribution is -1.96. The fourth-order valence-electron chi connectivity index (χ4n) is 1.28. The summed E-state index contributed by atoms with van der Waals surface area (Å²) in [5.41, 5.74) is 0. The Morgan fingerprint density at radius 3 is 1.53 bits per heavy atom. The van der Waals surface area contributed by atoms with E-state index in [9.17, 15) is 13.0 Å². The summed E-state index contributed by atoms with van der Waals surface area (Å²) in [5, 5.41) is 0. The molecule has 102 valence electrons. The van der Waals surface area contributed by atoms with E-state index in [4.69, 9.17) is 0 Å². The normalized spacial score (nSPS) is 10.7. The average molecular weight is 296 g/mol. The first kappa shape index (κ1) is 15.8. The van der Waals surface area contributed by atoms with Crippen molar-refractivity contribution in [3.8, 4) is 0 Å². The van der Waals surface area contributed by atoms with E-state index in [1.165, 1.54) is 29.2 Å². The van der Waals surface area contributed by atoms with Crippen LogP contribution in [0.5, 0.6) is 0 Å². The lowest BCUT2D eigenvalue weighted by Gasteiger charge is -2.04. The van der Waals surface area contributed by atoms with Gasteiger partial charge in [-0.15, -0.1) is 0 Å². The quantitative estimate of drug-likeness (QED) is 0.632. The van der Waals surface area contributed by atoms with E-state index < -0.39 is 10.1 Å². The van der Waals surface area contributed by atoms with Crippen LogP contribution in [0.4, 0.5) is 0 Å². The highest BCUT2D eigenvalue weighted by Crippen LogP contribution is 2.06. The van der Waals surface area contributed by atoms with Gasteiger partial charge in [-0.25, -0.2) is 8.42 Å². The Kier molecular flexibility index (Phi) is 6.08. The molecule has 0 aliphatic rings. The number of hydrogen-bond donors (Lipinski definition) is 0. The molecule has 0 saturated carbocycles. The second-order valence-electron chi connectivity index (χ2n) is 3.90. The van der Waals surface area contributed by atoms with Crippen LogP contribution in [0, 0.1) is 0 Å². The highest BCUT2D eigenvalue weighted by atomic mass is 32.2. The Morgan fingerprint density at radius 2 is 1.26 bits per heavy atom. The van der Waals surface area contributed by atoms with Gasteiger partial charge in [0.05, 0.1) is 4.90 Å². The Balaban J connectivity index is 0.000000191. The molecule has 0 heterocycles. The van der Waals surface area contributed by atoms with Gasteiger partial charge in [-0.05, 0) is 24.3 Å². The summed E-state index contributed by atoms with van der Waals surface area (Å²) in [7, 11) is -3.83. The predicted octanol–water partition coefficient (Wildman–Crippen LogP) is 2.51. The van der Waals surface area contributed by atoms with Gasteiger partial charge in [0.1, 0.15) is 22.6 Å². The standard InChI is InChI=1S/C8H11S.C6H6O3S/c1-9(2)8-6-4-3-5-7-8;7-10(8,9)6-4-2-1-3-5-6/h3-7H,1-2H3;1-5H,(H,7,8,9)/q+1;/p-1. The van der Waals surface area contributed by atoms with E-state index in [2.05, 4.69) is 42.8 Å². The van der Waals surface area contributed by atoms with Crippen molar-refractivity contribution in [1.29, 1.82) is 0 Å². The molecule has 2 aromatic carbocycles. The predicted molar refractivity (Wildman–Crippen MR) is 78.3 cm³/mol. The van der Waals surface area contributed by atoms with Crippen molar-refractivity contribution in [3.63, 3.8) is 0 Å². The van der Waals surface area contributed by atoms with Crippen LogP contribution in [0.25, 0.3) is 0 Å². The summed E-state index contributed by atoms with van der Waals surface area (Å²) in [6.07, 6.45) is 4.46. The van der Waals surface area contributed by atoms with Gasteiger partial charge in [-0.2, -0.15) is 0 Å². The Labute approximate surface area is 117 Å². The van der Waals surface area contributed by atoms with Gasteiger partial charge in [-0.3, -0.25) is 0 Å². The molecule has 0 bridgehead atoms. The van der Waals surface area contributed by atoms with Gasteiger partial charge >= 0.3 is 0 Å². The van der Waals surface area contributed by atoms with Crippen LogP contribution in [0.15, 0.2) is 70.5 Å². The summed E-state index contributed by atoms with van der Waals surface area (Å²) in [4.78, 5) is 1.26. The van der Waals surface area contributed by atoms with E-state index >= 15 is 0 Å². The second kappa shape index (κ2) is 7.33. The zero-order valence-electron chi connectivity index (χ0n) is 10.8. The highest BCUT2D eigenvalue weighted by Gasteiger charge is 2.03. The third-order valence-corrected chi connectivity index (χ3v) is 4.31. The molecule has 0 amide bonds. The highest BCUT2D eigenvalue weighted by molar-refractivity contribution is 7.95. The van der Waals surface area contributed by atoms with Crippen LogP contribution in [-0.2, 0) is 21.0 Å². The number of rotatable bonds is 2. The molecule has 2 rings (SSSR count). The van der Waals surface area contributed by atoms with E-state index in [0.29, 0.717) is 10.9 Å². The zero-order valence-corrected chi connectivity index (χ0v) is 12.4. The monoisotopic (exact) mass is 296 g/mol. The molecular formula is C14H16O3S2. The van der Waals surface area contributed by atoms with Gasteiger partial charge < -0.3 is 4.55 Å². The molecule has 0 atom stereocenters. The van der Waals surface area contributed by atoms with Crippen LogP contribution in [0.3, 0.4) is 0 Å². The second-order valence-corrected chi connectivity index (χ2v) is 7.38. The first-order valence-corrected chi connectivity index (χ1v) is 9.00. The smallest absolute Gasteiger partial charge is 0.154 e. The summed E-state index contributed by atoms with van der Waals surface area (Å²) in [6, 6.07) is 17.8. The first-order valence-electron chi connectivity index (χ1n) is 5.55. The Hall–Kier alpha value is -1.30. The molecule has 3 nitrogen and oxygen atoms in total. The van der Waals surface area contributed by atoms with Crippen LogP contribution in [0.2, 0.25) is 0 Å². The van der Waals surface area contributed by atoms with Crippen LogP contribution < -0.4 is 0 Å². The lowest BCUT2D eigenvalue weighted by molar-refractivity contribution is 0.463. The summed E-state index contributed by atoms with van der Waals surface area (Å²) >= 11 is 0. The summed E-state index contributed by atoms with van der Waals surface area (Å²) < 4.78 is 30.8. The topological polar surface area (TPSA) is 57.2 Å². The van der Waals surface area contributed by atoms with E-state index in [-0.39, 0.29) is 4.90 Å². The summed E-state index contributed by atoms with van der Waals surface area (Å²) in [5.74, 6) is 0. The molecule has 0 aliphatic carbocycles. The zero-order chi connectivity index (χ0) is 14.3. The molecule has 0 fully saturated rings. The minimum absolute atomic E-state index is 0.185. The van der Waals surface area contributed by atoms with E-state index in [0.717, 1.165) is 0 Å². The van der Waals surface area contributed by atoms with E-state index in [1.807, 2.05) is 0 Å². The molecular weight excluding hydrogens is 280 g/mol. The third kappa shape index (κ3) is 5.92. The van der Waals surface area contributed by atoms with Gasteiger partial charge in [0.2, 0.25) is 0 Å². The fraction of sp³-hybridized carbons (Fsp3) is 0.143. The molecule has 0 aromatic heterocycles. The maximum Gasteiger partial charge on any atom is 0.154 e. The maximum absolute atomic E-state index is 10.3. The molecule has 19 heavy (non-hydrogen) atoms. The SMILES string of the molecule is C[S+](C)c1ccccc1.O=S(=O)([O-])c1ccccc1. The molecule has 0 saturated heterocycles. The largest absolute Gasteiger partial charge is 0.744 e. The van der Waals surface area contributed by atoms with Gasteiger partial charge in [0.15, 0.2) is 4.90 Å². The molecule has 0 radical (unpaired) electrons. The molecule has 0 unspecified atom stereocenters. The van der Waals surface area contributed by atoms with Crippen molar-refractivity contribution < 1.29 is 13.0 Å². The van der Waals surface area contributed by atoms with Crippen molar-refractivity contribution in [2.24, 2.45) is 0 Å². The van der Waals surface area contributed by atoms with Gasteiger partial charge in [0.25, 0.3) is 0 Å². The lowest BCUT2D eigenvalue weighted by atomic mass is 10.4. The van der Waals surface area contributed by atoms with Crippen molar-refractivity contribution >= 4 is 21.0 Å². The fourth-order valence-corrected chi connectivity index (χ4v) is 2.47. The van der Waals surface area contributed by atoms with Crippen molar-refractivity contribution in [2.45, 2.75) is 9.79 Å². The maximum atomic E-state index is 10.3. The number of hydrogen-bond acceptors (Lipinski definition) is 3. The van der Waals surface area contributed by atoms with Gasteiger partial charge in [-0.1, -0.05) is 36.4 Å². The molecule has 5 heteroatoms. The van der Waals surface area contributed by atoms with Crippen LogP contribution >= 0.6 is 0 Å². The molecule has 0 spiro atoms. The first-order chi connectivity index (χ1) is 8.91. The van der Waals surface area contributed by atoms with Crippen molar-refractivity contribution in [3.05, 3.63) is 60.7 Å². The van der Waals surface area contributed by atoms with Crippen LogP contribution in [-0.4, -0.2) is 25.5 Å². The van der Waals surface area contributed by atoms with Crippen molar-refractivity contribution in [1.82, 2.24) is 0 Å². The van der Waals surface area contributed by atoms with E-state index in [1.54, 1.807) is 6.07 Å². The minimum Gasteiger partial charge on any atom is -0.744 e. The minimum atomic E-state index is -4.25.